The van der Waals surface area contributed by atoms with Gasteiger partial charge >= 0.3 is 0 Å². The largest absolute Gasteiger partial charge is 0.273 e. The average Bonchev–Trinajstić information content (AvgIpc) is 1.64. The van der Waals surface area contributed by atoms with Gasteiger partial charge in [-0.15, -0.1) is 22.2 Å². The zero-order chi connectivity index (χ0) is 7.33. The minimum absolute atomic E-state index is 0.959. The third-order valence-corrected chi connectivity index (χ3v) is 4.87. The summed E-state index contributed by atoms with van der Waals surface area (Å²) in [4.78, 5) is 0. The van der Waals surface area contributed by atoms with Gasteiger partial charge in [0.2, 0.25) is 0 Å². The number of halogens is 2. The first-order chi connectivity index (χ1) is 4.12. The fraction of sp³-hybridized carbons (Fsp3) is 0.667. The molecular weight excluding hydrogens is 171 g/mol. The van der Waals surface area contributed by atoms with Crippen LogP contribution in [0.15, 0.2) is 11.8 Å². The highest BCUT2D eigenvalue weighted by Crippen LogP contribution is 2.23. The van der Waals surface area contributed by atoms with Crippen LogP contribution >= 0.6 is 22.2 Å². The minimum Gasteiger partial charge on any atom is -0.140 e. The highest BCUT2D eigenvalue weighted by atomic mass is 35.7. The van der Waals surface area contributed by atoms with Crippen LogP contribution in [0.2, 0.25) is 6.04 Å². The molecular formula is C6H12Cl2Si. The van der Waals surface area contributed by atoms with Crippen molar-refractivity contribution in [1.82, 2.24) is 0 Å². The van der Waals surface area contributed by atoms with E-state index < -0.39 is 6.69 Å². The van der Waals surface area contributed by atoms with Gasteiger partial charge in [0.25, 0.3) is 6.69 Å². The molecule has 0 saturated carbocycles. The zero-order valence-electron chi connectivity index (χ0n) is 5.82. The number of hydrogen-bond acceptors (Lipinski definition) is 0. The maximum atomic E-state index is 5.95. The molecule has 0 aromatic heterocycles. The van der Waals surface area contributed by atoms with Gasteiger partial charge < -0.3 is 0 Å². The Morgan fingerprint density at radius 2 is 2.00 bits per heavy atom. The highest BCUT2D eigenvalue weighted by Gasteiger charge is 2.21. The Morgan fingerprint density at radius 3 is 2.33 bits per heavy atom. The molecule has 0 rings (SSSR count). The average molecular weight is 183 g/mol. The van der Waals surface area contributed by atoms with E-state index in [0.717, 1.165) is 12.5 Å². The van der Waals surface area contributed by atoms with Gasteiger partial charge in [-0.3, -0.25) is 0 Å². The summed E-state index contributed by atoms with van der Waals surface area (Å²) >= 11 is 11.9. The first-order valence-electron chi connectivity index (χ1n) is 3.14. The quantitative estimate of drug-likeness (QED) is 0.464. The van der Waals surface area contributed by atoms with Crippen LogP contribution in [0, 0.1) is 0 Å². The molecule has 0 N–H and O–H groups in total. The lowest BCUT2D eigenvalue weighted by Crippen LogP contribution is -2.14. The van der Waals surface area contributed by atoms with Crippen LogP contribution in [0.3, 0.4) is 0 Å². The van der Waals surface area contributed by atoms with E-state index in [4.69, 9.17) is 22.2 Å². The van der Waals surface area contributed by atoms with Crippen molar-refractivity contribution in [2.45, 2.75) is 26.3 Å². The summed E-state index contributed by atoms with van der Waals surface area (Å²) in [6, 6.07) is 0.959. The number of rotatable bonds is 3. The molecule has 0 aromatic rings. The van der Waals surface area contributed by atoms with E-state index in [1.54, 1.807) is 0 Å². The monoisotopic (exact) mass is 182 g/mol. The van der Waals surface area contributed by atoms with Crippen LogP contribution in [0.4, 0.5) is 0 Å². The van der Waals surface area contributed by atoms with Crippen molar-refractivity contribution in [3.05, 3.63) is 11.8 Å². The molecule has 0 atom stereocenters. The normalized spacial score (nSPS) is 12.9. The fourth-order valence-electron chi connectivity index (χ4n) is 0.660. The maximum absolute atomic E-state index is 5.95. The second-order valence-electron chi connectivity index (χ2n) is 2.01. The van der Waals surface area contributed by atoms with E-state index >= 15 is 0 Å². The van der Waals surface area contributed by atoms with Gasteiger partial charge in [0.1, 0.15) is 0 Å². The Balaban J connectivity index is 3.70. The third-order valence-electron chi connectivity index (χ3n) is 0.994. The number of hydrogen-bond donors (Lipinski definition) is 0. The Morgan fingerprint density at radius 1 is 1.44 bits per heavy atom. The van der Waals surface area contributed by atoms with E-state index in [9.17, 15) is 0 Å². The number of allylic oxidation sites excluding steroid dienone is 1. The van der Waals surface area contributed by atoms with Gasteiger partial charge in [-0.25, -0.2) is 0 Å². The van der Waals surface area contributed by atoms with Gasteiger partial charge in [-0.05, 0) is 13.0 Å². The van der Waals surface area contributed by atoms with Crippen LogP contribution in [0.25, 0.3) is 0 Å². The molecule has 0 spiro atoms. The molecule has 0 aliphatic heterocycles. The van der Waals surface area contributed by atoms with Gasteiger partial charge in [0, 0.05) is 0 Å². The van der Waals surface area contributed by atoms with Crippen molar-refractivity contribution in [3.63, 3.8) is 0 Å². The summed E-state index contributed by atoms with van der Waals surface area (Å²) in [6.07, 6.45) is 3.01. The molecule has 0 nitrogen and oxygen atoms in total. The van der Waals surface area contributed by atoms with E-state index in [-0.39, 0.29) is 0 Å². The summed E-state index contributed by atoms with van der Waals surface area (Å²) in [5.74, 6) is 0. The molecule has 0 unspecified atom stereocenters. The van der Waals surface area contributed by atoms with E-state index in [1.165, 1.54) is 0 Å². The summed E-state index contributed by atoms with van der Waals surface area (Å²) in [5, 5.41) is 0. The van der Waals surface area contributed by atoms with E-state index in [2.05, 4.69) is 6.92 Å². The molecule has 3 heteroatoms. The lowest BCUT2D eigenvalue weighted by molar-refractivity contribution is 1.07. The lowest BCUT2D eigenvalue weighted by Gasteiger charge is -2.07. The van der Waals surface area contributed by atoms with E-state index in [0.29, 0.717) is 0 Å². The first-order valence-corrected chi connectivity index (χ1v) is 7.45. The van der Waals surface area contributed by atoms with Crippen molar-refractivity contribution in [1.29, 1.82) is 0 Å². The molecule has 0 saturated heterocycles. The van der Waals surface area contributed by atoms with Crippen LogP contribution in [0.5, 0.6) is 0 Å². The van der Waals surface area contributed by atoms with Crippen molar-refractivity contribution in [2.75, 3.05) is 0 Å². The molecule has 0 fully saturated rings. The standard InChI is InChI=1S/C6H12Cl2Si/c1-3-5-9(7,8)6-4-2/h3,5H,4,6H2,1-2H3. The second kappa shape index (κ2) is 4.37. The Labute approximate surface area is 67.3 Å². The van der Waals surface area contributed by atoms with Crippen molar-refractivity contribution in [2.24, 2.45) is 0 Å². The minimum atomic E-state index is -1.94. The molecule has 0 heterocycles. The van der Waals surface area contributed by atoms with E-state index in [1.807, 2.05) is 18.7 Å². The molecule has 0 aromatic carbocycles. The molecule has 0 amide bonds. The van der Waals surface area contributed by atoms with Gasteiger partial charge in [0.05, 0.1) is 0 Å². The maximum Gasteiger partial charge on any atom is 0.273 e. The molecule has 9 heavy (non-hydrogen) atoms. The van der Waals surface area contributed by atoms with Gasteiger partial charge in [-0.2, -0.15) is 0 Å². The van der Waals surface area contributed by atoms with Crippen LogP contribution in [-0.4, -0.2) is 6.69 Å². The van der Waals surface area contributed by atoms with Crippen LogP contribution in [-0.2, 0) is 0 Å². The predicted molar refractivity (Wildman–Crippen MR) is 47.4 cm³/mol. The van der Waals surface area contributed by atoms with Crippen molar-refractivity contribution < 1.29 is 0 Å². The molecule has 54 valence electrons. The molecule has 0 aliphatic rings. The Bertz CT molecular complexity index is 99.2. The Kier molecular flexibility index (Phi) is 4.63. The van der Waals surface area contributed by atoms with Crippen molar-refractivity contribution in [3.8, 4) is 0 Å². The molecule has 0 aliphatic carbocycles. The Hall–Kier alpha value is 0.537. The highest BCUT2D eigenvalue weighted by molar-refractivity contribution is 7.47. The summed E-state index contributed by atoms with van der Waals surface area (Å²) in [5.41, 5.74) is 1.94. The summed E-state index contributed by atoms with van der Waals surface area (Å²) in [7, 11) is 0. The summed E-state index contributed by atoms with van der Waals surface area (Å²) in [6.45, 7) is 2.10. The SMILES string of the molecule is CC=C[Si](Cl)(Cl)CCC. The first kappa shape index (κ1) is 9.54. The summed E-state index contributed by atoms with van der Waals surface area (Å²) < 4.78 is 0. The third kappa shape index (κ3) is 5.01. The fourth-order valence-corrected chi connectivity index (χ4v) is 3.87. The van der Waals surface area contributed by atoms with Crippen LogP contribution < -0.4 is 0 Å². The lowest BCUT2D eigenvalue weighted by atomic mass is 10.6. The van der Waals surface area contributed by atoms with Crippen molar-refractivity contribution >= 4 is 28.9 Å². The second-order valence-corrected chi connectivity index (χ2v) is 8.99. The van der Waals surface area contributed by atoms with Gasteiger partial charge in [0.15, 0.2) is 0 Å². The molecule has 0 bridgehead atoms. The molecule has 0 radical (unpaired) electrons. The smallest absolute Gasteiger partial charge is 0.140 e. The topological polar surface area (TPSA) is 0 Å². The van der Waals surface area contributed by atoms with Crippen LogP contribution in [0.1, 0.15) is 20.3 Å². The predicted octanol–water partition coefficient (Wildman–Crippen LogP) is 3.43. The van der Waals surface area contributed by atoms with Gasteiger partial charge in [-0.1, -0.05) is 25.1 Å². The zero-order valence-corrected chi connectivity index (χ0v) is 8.34.